The summed E-state index contributed by atoms with van der Waals surface area (Å²) in [7, 11) is 0. The van der Waals surface area contributed by atoms with Crippen LogP contribution in [-0.4, -0.2) is 48.1 Å². The summed E-state index contributed by atoms with van der Waals surface area (Å²) < 4.78 is 5.45. The van der Waals surface area contributed by atoms with Gasteiger partial charge in [-0.15, -0.1) is 0 Å². The molecule has 0 aromatic carbocycles. The molecule has 2 saturated heterocycles. The summed E-state index contributed by atoms with van der Waals surface area (Å²) in [6.07, 6.45) is 2.75. The normalized spacial score (nSPS) is 25.4. The minimum atomic E-state index is 0.0488. The Bertz CT molecular complexity index is 478. The second-order valence-electron chi connectivity index (χ2n) is 5.06. The van der Waals surface area contributed by atoms with Crippen LogP contribution < -0.4 is 10.1 Å². The molecule has 1 amide bonds. The Kier molecular flexibility index (Phi) is 3.38. The zero-order chi connectivity index (χ0) is 13.2. The van der Waals surface area contributed by atoms with Gasteiger partial charge >= 0.3 is 0 Å². The van der Waals surface area contributed by atoms with Crippen molar-refractivity contribution in [2.24, 2.45) is 5.92 Å². The largest absolute Gasteiger partial charge is 0.477 e. The summed E-state index contributed by atoms with van der Waals surface area (Å²) in [5.41, 5.74) is 0.580. The Morgan fingerprint density at radius 1 is 1.58 bits per heavy atom. The van der Waals surface area contributed by atoms with Crippen LogP contribution in [0.5, 0.6) is 5.88 Å². The number of pyridine rings is 1. The van der Waals surface area contributed by atoms with E-state index in [0.29, 0.717) is 30.0 Å². The van der Waals surface area contributed by atoms with Crippen molar-refractivity contribution in [3.8, 4) is 5.88 Å². The molecule has 2 aliphatic heterocycles. The first kappa shape index (κ1) is 12.4. The van der Waals surface area contributed by atoms with Crippen LogP contribution in [0.15, 0.2) is 18.3 Å². The fraction of sp³-hybridized carbons (Fsp3) is 0.571. The lowest BCUT2D eigenvalue weighted by molar-refractivity contribution is 0.0732. The van der Waals surface area contributed by atoms with Gasteiger partial charge in [0.05, 0.1) is 6.61 Å². The summed E-state index contributed by atoms with van der Waals surface area (Å²) in [6, 6.07) is 3.92. The van der Waals surface area contributed by atoms with E-state index in [4.69, 9.17) is 4.74 Å². The van der Waals surface area contributed by atoms with Crippen LogP contribution in [0.4, 0.5) is 0 Å². The standard InChI is InChI=1S/C14H19N3O2/c1-2-19-13-11(4-3-6-16-13)14(18)17-7-5-10-8-15-9-12(10)17/h3-4,6,10,12,15H,2,5,7-9H2,1H3/t10-,12+/m0/s1. The number of aromatic nitrogens is 1. The second kappa shape index (κ2) is 5.17. The van der Waals surface area contributed by atoms with E-state index in [-0.39, 0.29) is 5.91 Å². The van der Waals surface area contributed by atoms with Crippen LogP contribution in [0.25, 0.3) is 0 Å². The number of rotatable bonds is 3. The maximum atomic E-state index is 12.7. The van der Waals surface area contributed by atoms with Gasteiger partial charge in [0.25, 0.3) is 5.91 Å². The monoisotopic (exact) mass is 261 g/mol. The molecule has 1 aromatic rings. The van der Waals surface area contributed by atoms with E-state index in [1.54, 1.807) is 18.3 Å². The van der Waals surface area contributed by atoms with Crippen molar-refractivity contribution in [2.45, 2.75) is 19.4 Å². The Morgan fingerprint density at radius 3 is 3.32 bits per heavy atom. The fourth-order valence-corrected chi connectivity index (χ4v) is 3.06. The van der Waals surface area contributed by atoms with E-state index in [1.807, 2.05) is 11.8 Å². The highest BCUT2D eigenvalue weighted by Gasteiger charge is 2.40. The number of ether oxygens (including phenoxy) is 1. The van der Waals surface area contributed by atoms with Crippen molar-refractivity contribution >= 4 is 5.91 Å². The quantitative estimate of drug-likeness (QED) is 0.879. The van der Waals surface area contributed by atoms with Crippen LogP contribution in [0.2, 0.25) is 0 Å². The van der Waals surface area contributed by atoms with E-state index < -0.39 is 0 Å². The predicted octanol–water partition coefficient (Wildman–Crippen LogP) is 0.914. The summed E-state index contributed by atoms with van der Waals surface area (Å²) >= 11 is 0. The maximum Gasteiger partial charge on any atom is 0.259 e. The van der Waals surface area contributed by atoms with Crippen LogP contribution >= 0.6 is 0 Å². The molecule has 0 aliphatic carbocycles. The molecule has 5 nitrogen and oxygen atoms in total. The maximum absolute atomic E-state index is 12.7. The van der Waals surface area contributed by atoms with Gasteiger partial charge in [0.15, 0.2) is 0 Å². The number of carbonyl (C=O) groups is 1. The number of hydrogen-bond acceptors (Lipinski definition) is 4. The molecule has 2 fully saturated rings. The molecule has 1 N–H and O–H groups in total. The van der Waals surface area contributed by atoms with Gasteiger partial charge in [-0.05, 0) is 31.4 Å². The van der Waals surface area contributed by atoms with Crippen molar-refractivity contribution in [1.82, 2.24) is 15.2 Å². The van der Waals surface area contributed by atoms with Crippen LogP contribution in [-0.2, 0) is 0 Å². The number of likely N-dealkylation sites (tertiary alicyclic amines) is 1. The zero-order valence-corrected chi connectivity index (χ0v) is 11.1. The molecule has 5 heteroatoms. The second-order valence-corrected chi connectivity index (χ2v) is 5.06. The highest BCUT2D eigenvalue weighted by molar-refractivity contribution is 5.96. The van der Waals surface area contributed by atoms with E-state index in [2.05, 4.69) is 10.3 Å². The predicted molar refractivity (Wildman–Crippen MR) is 71.2 cm³/mol. The third-order valence-corrected chi connectivity index (χ3v) is 3.99. The van der Waals surface area contributed by atoms with Gasteiger partial charge in [0.2, 0.25) is 5.88 Å². The molecular weight excluding hydrogens is 242 g/mol. The van der Waals surface area contributed by atoms with E-state index in [1.165, 1.54) is 0 Å². The molecule has 3 heterocycles. The topological polar surface area (TPSA) is 54.5 Å². The number of nitrogens with zero attached hydrogens (tertiary/aromatic N) is 2. The Morgan fingerprint density at radius 2 is 2.47 bits per heavy atom. The van der Waals surface area contributed by atoms with Crippen LogP contribution in [0, 0.1) is 5.92 Å². The molecule has 3 rings (SSSR count). The highest BCUT2D eigenvalue weighted by Crippen LogP contribution is 2.29. The molecule has 0 unspecified atom stereocenters. The molecular formula is C14H19N3O2. The first-order valence-electron chi connectivity index (χ1n) is 6.90. The van der Waals surface area contributed by atoms with E-state index in [0.717, 1.165) is 26.1 Å². The van der Waals surface area contributed by atoms with Gasteiger partial charge in [-0.3, -0.25) is 4.79 Å². The number of carbonyl (C=O) groups excluding carboxylic acids is 1. The number of nitrogens with one attached hydrogen (secondary N) is 1. The fourth-order valence-electron chi connectivity index (χ4n) is 3.06. The Balaban J connectivity index is 1.84. The summed E-state index contributed by atoms with van der Waals surface area (Å²) in [5.74, 6) is 1.10. The third-order valence-electron chi connectivity index (χ3n) is 3.99. The lowest BCUT2D eigenvalue weighted by Crippen LogP contribution is -2.39. The minimum absolute atomic E-state index is 0.0488. The molecule has 1 aromatic heterocycles. The summed E-state index contributed by atoms with van der Waals surface area (Å²) in [6.45, 7) is 5.19. The lowest BCUT2D eigenvalue weighted by atomic mass is 10.0. The van der Waals surface area contributed by atoms with Crippen LogP contribution in [0.3, 0.4) is 0 Å². The molecule has 102 valence electrons. The van der Waals surface area contributed by atoms with Gasteiger partial charge < -0.3 is 15.0 Å². The SMILES string of the molecule is CCOc1ncccc1C(=O)N1CC[C@H]2CNC[C@H]21. The smallest absolute Gasteiger partial charge is 0.259 e. The molecule has 2 aliphatic rings. The molecule has 19 heavy (non-hydrogen) atoms. The third kappa shape index (κ3) is 2.18. The molecule has 0 spiro atoms. The highest BCUT2D eigenvalue weighted by atomic mass is 16.5. The first-order chi connectivity index (χ1) is 9.31. The number of hydrogen-bond donors (Lipinski definition) is 1. The lowest BCUT2D eigenvalue weighted by Gasteiger charge is -2.24. The first-order valence-corrected chi connectivity index (χ1v) is 6.90. The van der Waals surface area contributed by atoms with E-state index in [9.17, 15) is 4.79 Å². The van der Waals surface area contributed by atoms with E-state index >= 15 is 0 Å². The van der Waals surface area contributed by atoms with Gasteiger partial charge in [0.1, 0.15) is 5.56 Å². The minimum Gasteiger partial charge on any atom is -0.477 e. The Labute approximate surface area is 113 Å². The molecule has 0 saturated carbocycles. The summed E-state index contributed by atoms with van der Waals surface area (Å²) in [4.78, 5) is 18.8. The number of amides is 1. The zero-order valence-electron chi connectivity index (χ0n) is 11.1. The average molecular weight is 261 g/mol. The average Bonchev–Trinajstić information content (AvgIpc) is 3.01. The Hall–Kier alpha value is -1.62. The van der Waals surface area contributed by atoms with Crippen molar-refractivity contribution in [2.75, 3.05) is 26.2 Å². The van der Waals surface area contributed by atoms with Gasteiger partial charge in [-0.2, -0.15) is 0 Å². The summed E-state index contributed by atoms with van der Waals surface area (Å²) in [5, 5.41) is 3.36. The van der Waals surface area contributed by atoms with Crippen molar-refractivity contribution in [3.63, 3.8) is 0 Å². The molecule has 0 bridgehead atoms. The van der Waals surface area contributed by atoms with Gasteiger partial charge in [-0.25, -0.2) is 4.98 Å². The van der Waals surface area contributed by atoms with Crippen LogP contribution in [0.1, 0.15) is 23.7 Å². The molecule has 2 atom stereocenters. The van der Waals surface area contributed by atoms with Crippen molar-refractivity contribution < 1.29 is 9.53 Å². The van der Waals surface area contributed by atoms with Gasteiger partial charge in [0, 0.05) is 31.9 Å². The van der Waals surface area contributed by atoms with Crippen molar-refractivity contribution in [1.29, 1.82) is 0 Å². The number of fused-ring (bicyclic) bond motifs is 1. The van der Waals surface area contributed by atoms with Crippen molar-refractivity contribution in [3.05, 3.63) is 23.9 Å². The van der Waals surface area contributed by atoms with Gasteiger partial charge in [-0.1, -0.05) is 0 Å². The molecule has 0 radical (unpaired) electrons.